The average Bonchev–Trinajstić information content (AvgIpc) is 3.14. The molecule has 3 aromatic rings. The Bertz CT molecular complexity index is 1110. The summed E-state index contributed by atoms with van der Waals surface area (Å²) in [6.45, 7) is 7.77. The normalized spacial score (nSPS) is 14.7. The summed E-state index contributed by atoms with van der Waals surface area (Å²) < 4.78 is 11.2. The Hall–Kier alpha value is -3.28. The van der Waals surface area contributed by atoms with Gasteiger partial charge in [-0.25, -0.2) is 0 Å². The van der Waals surface area contributed by atoms with Crippen LogP contribution in [-0.4, -0.2) is 54.9 Å². The van der Waals surface area contributed by atoms with E-state index < -0.39 is 5.41 Å². The molecule has 0 radical (unpaired) electrons. The highest BCUT2D eigenvalue weighted by molar-refractivity contribution is 5.99. The zero-order valence-electron chi connectivity index (χ0n) is 18.5. The zero-order chi connectivity index (χ0) is 22.2. The summed E-state index contributed by atoms with van der Waals surface area (Å²) in [5.41, 5.74) is 1.86. The maximum Gasteiger partial charge on any atom is 0.290 e. The van der Waals surface area contributed by atoms with Crippen LogP contribution in [-0.2, 0) is 10.2 Å². The fraction of sp³-hybridized carbons (Fsp3) is 0.360. The van der Waals surface area contributed by atoms with Crippen LogP contribution < -0.4 is 4.74 Å². The lowest BCUT2D eigenvalue weighted by atomic mass is 9.83. The number of ether oxygens (including phenoxy) is 1. The quantitative estimate of drug-likeness (QED) is 0.640. The summed E-state index contributed by atoms with van der Waals surface area (Å²) in [6, 6.07) is 15.3. The molecular formula is C25H28N2O4. The van der Waals surface area contributed by atoms with Gasteiger partial charge in [0.2, 0.25) is 5.91 Å². The van der Waals surface area contributed by atoms with Crippen molar-refractivity contribution in [2.45, 2.75) is 26.2 Å². The number of fused-ring (bicyclic) bond motifs is 1. The Balaban J connectivity index is 1.46. The van der Waals surface area contributed by atoms with E-state index in [1.165, 1.54) is 0 Å². The van der Waals surface area contributed by atoms with E-state index in [1.54, 1.807) is 12.0 Å². The molecule has 2 aromatic carbocycles. The lowest BCUT2D eigenvalue weighted by Gasteiger charge is -2.38. The minimum atomic E-state index is -0.609. The van der Waals surface area contributed by atoms with Gasteiger partial charge in [-0.2, -0.15) is 0 Å². The monoisotopic (exact) mass is 420 g/mol. The van der Waals surface area contributed by atoms with Crippen LogP contribution in [0.5, 0.6) is 5.75 Å². The van der Waals surface area contributed by atoms with Crippen LogP contribution >= 0.6 is 0 Å². The van der Waals surface area contributed by atoms with Crippen molar-refractivity contribution >= 4 is 22.8 Å². The predicted octanol–water partition coefficient (Wildman–Crippen LogP) is 4.01. The topological polar surface area (TPSA) is 63.0 Å². The standard InChI is InChI=1S/C25H28N2O4/c1-17-20-16-19(30-4)10-11-21(20)31-22(17)23(28)26-12-14-27(15-13-26)24(29)25(2,3)18-8-6-5-7-9-18/h5-11,16H,12-15H2,1-4H3. The van der Waals surface area contributed by atoms with Gasteiger partial charge in [-0.15, -0.1) is 0 Å². The SMILES string of the molecule is COc1ccc2oc(C(=O)N3CCN(C(=O)C(C)(C)c4ccccc4)CC3)c(C)c2c1. The molecule has 0 saturated carbocycles. The number of nitrogens with zero attached hydrogens (tertiary/aromatic N) is 2. The van der Waals surface area contributed by atoms with E-state index in [0.717, 1.165) is 22.3 Å². The van der Waals surface area contributed by atoms with Gasteiger partial charge < -0.3 is 19.0 Å². The predicted molar refractivity (Wildman–Crippen MR) is 119 cm³/mol. The third-order valence-electron chi connectivity index (χ3n) is 6.22. The number of hydrogen-bond acceptors (Lipinski definition) is 4. The van der Waals surface area contributed by atoms with Crippen molar-refractivity contribution in [3.63, 3.8) is 0 Å². The second-order valence-corrected chi connectivity index (χ2v) is 8.49. The van der Waals surface area contributed by atoms with E-state index in [9.17, 15) is 9.59 Å². The molecule has 6 nitrogen and oxygen atoms in total. The van der Waals surface area contributed by atoms with Crippen LogP contribution in [0.15, 0.2) is 52.9 Å². The summed E-state index contributed by atoms with van der Waals surface area (Å²) >= 11 is 0. The van der Waals surface area contributed by atoms with Crippen molar-refractivity contribution in [1.29, 1.82) is 0 Å². The van der Waals surface area contributed by atoms with E-state index in [4.69, 9.17) is 9.15 Å². The summed E-state index contributed by atoms with van der Waals surface area (Å²) in [4.78, 5) is 29.9. The number of rotatable bonds is 4. The van der Waals surface area contributed by atoms with Gasteiger partial charge in [0.05, 0.1) is 12.5 Å². The minimum absolute atomic E-state index is 0.0813. The van der Waals surface area contributed by atoms with Crippen molar-refractivity contribution in [2.24, 2.45) is 0 Å². The maximum atomic E-state index is 13.2. The number of methoxy groups -OCH3 is 1. The highest BCUT2D eigenvalue weighted by Gasteiger charge is 2.36. The zero-order valence-corrected chi connectivity index (χ0v) is 18.5. The van der Waals surface area contributed by atoms with Gasteiger partial charge in [0.25, 0.3) is 5.91 Å². The molecule has 1 fully saturated rings. The van der Waals surface area contributed by atoms with E-state index >= 15 is 0 Å². The molecule has 6 heteroatoms. The molecule has 1 aliphatic heterocycles. The Morgan fingerprint density at radius 3 is 2.26 bits per heavy atom. The maximum absolute atomic E-state index is 13.2. The largest absolute Gasteiger partial charge is 0.497 e. The molecule has 0 atom stereocenters. The molecule has 2 heterocycles. The third kappa shape index (κ3) is 3.78. The molecule has 4 rings (SSSR count). The highest BCUT2D eigenvalue weighted by Crippen LogP contribution is 2.30. The molecule has 0 aliphatic carbocycles. The molecule has 1 saturated heterocycles. The van der Waals surface area contributed by atoms with Crippen LogP contribution in [0.25, 0.3) is 11.0 Å². The van der Waals surface area contributed by atoms with Crippen LogP contribution in [0, 0.1) is 6.92 Å². The van der Waals surface area contributed by atoms with Gasteiger partial charge in [-0.05, 0) is 44.5 Å². The van der Waals surface area contributed by atoms with Crippen molar-refractivity contribution < 1.29 is 18.7 Å². The molecule has 1 aromatic heterocycles. The van der Waals surface area contributed by atoms with Crippen LogP contribution in [0.1, 0.15) is 35.5 Å². The molecule has 2 amide bonds. The Kier molecular flexibility index (Phi) is 5.48. The molecular weight excluding hydrogens is 392 g/mol. The molecule has 31 heavy (non-hydrogen) atoms. The van der Waals surface area contributed by atoms with E-state index in [-0.39, 0.29) is 11.8 Å². The average molecular weight is 421 g/mol. The van der Waals surface area contributed by atoms with Gasteiger partial charge in [0.15, 0.2) is 5.76 Å². The Labute approximate surface area is 182 Å². The lowest BCUT2D eigenvalue weighted by Crippen LogP contribution is -2.54. The smallest absolute Gasteiger partial charge is 0.290 e. The summed E-state index contributed by atoms with van der Waals surface area (Å²) in [7, 11) is 1.61. The molecule has 0 N–H and O–H groups in total. The number of aryl methyl sites for hydroxylation is 1. The molecule has 1 aliphatic rings. The van der Waals surface area contributed by atoms with E-state index in [1.807, 2.05) is 74.2 Å². The van der Waals surface area contributed by atoms with Gasteiger partial charge in [0, 0.05) is 37.1 Å². The number of furan rings is 1. The second-order valence-electron chi connectivity index (χ2n) is 8.49. The lowest BCUT2D eigenvalue weighted by molar-refractivity contribution is -0.137. The van der Waals surface area contributed by atoms with Gasteiger partial charge >= 0.3 is 0 Å². The van der Waals surface area contributed by atoms with Gasteiger partial charge in [-0.3, -0.25) is 9.59 Å². The summed E-state index contributed by atoms with van der Waals surface area (Å²) in [6.07, 6.45) is 0. The number of hydrogen-bond donors (Lipinski definition) is 0. The van der Waals surface area contributed by atoms with Crippen molar-refractivity contribution in [3.05, 3.63) is 65.4 Å². The number of piperazine rings is 1. The van der Waals surface area contributed by atoms with Crippen LogP contribution in [0.3, 0.4) is 0 Å². The molecule has 162 valence electrons. The third-order valence-corrected chi connectivity index (χ3v) is 6.22. The minimum Gasteiger partial charge on any atom is -0.497 e. The van der Waals surface area contributed by atoms with E-state index in [2.05, 4.69) is 0 Å². The van der Waals surface area contributed by atoms with Gasteiger partial charge in [-0.1, -0.05) is 30.3 Å². The second kappa shape index (κ2) is 8.10. The number of carbonyl (C=O) groups excluding carboxylic acids is 2. The Morgan fingerprint density at radius 1 is 0.968 bits per heavy atom. The van der Waals surface area contributed by atoms with Crippen molar-refractivity contribution in [3.8, 4) is 5.75 Å². The summed E-state index contributed by atoms with van der Waals surface area (Å²) in [5.74, 6) is 1.02. The van der Waals surface area contributed by atoms with Crippen LogP contribution in [0.2, 0.25) is 0 Å². The Morgan fingerprint density at radius 2 is 1.61 bits per heavy atom. The van der Waals surface area contributed by atoms with Crippen molar-refractivity contribution in [2.75, 3.05) is 33.3 Å². The fourth-order valence-electron chi connectivity index (χ4n) is 4.16. The molecule has 0 bridgehead atoms. The van der Waals surface area contributed by atoms with Crippen molar-refractivity contribution in [1.82, 2.24) is 9.80 Å². The first kappa shape index (κ1) is 21.0. The molecule has 0 spiro atoms. The first-order valence-electron chi connectivity index (χ1n) is 10.5. The first-order valence-corrected chi connectivity index (χ1v) is 10.5. The van der Waals surface area contributed by atoms with Gasteiger partial charge in [0.1, 0.15) is 11.3 Å². The van der Waals surface area contributed by atoms with E-state index in [0.29, 0.717) is 37.5 Å². The molecule has 0 unspecified atom stereocenters. The number of amides is 2. The van der Waals surface area contributed by atoms with Crippen LogP contribution in [0.4, 0.5) is 0 Å². The summed E-state index contributed by atoms with van der Waals surface area (Å²) in [5, 5.41) is 0.876. The first-order chi connectivity index (χ1) is 14.8. The highest BCUT2D eigenvalue weighted by atomic mass is 16.5. The number of carbonyl (C=O) groups is 2. The fourth-order valence-corrected chi connectivity index (χ4v) is 4.16. The number of benzene rings is 2.